The second-order valence-electron chi connectivity index (χ2n) is 7.96. The summed E-state index contributed by atoms with van der Waals surface area (Å²) in [6.45, 7) is 6.47. The van der Waals surface area contributed by atoms with Gasteiger partial charge in [0.25, 0.3) is 0 Å². The van der Waals surface area contributed by atoms with Gasteiger partial charge >= 0.3 is 5.97 Å². The molecule has 4 atom stereocenters. The van der Waals surface area contributed by atoms with Crippen LogP contribution in [0.25, 0.3) is 0 Å². The van der Waals surface area contributed by atoms with Gasteiger partial charge in [0.2, 0.25) is 0 Å². The molecule has 1 N–H and O–H groups in total. The summed E-state index contributed by atoms with van der Waals surface area (Å²) >= 11 is 0. The zero-order valence-corrected chi connectivity index (χ0v) is 17.1. The summed E-state index contributed by atoms with van der Waals surface area (Å²) in [7, 11) is 1.55. The Morgan fingerprint density at radius 3 is 2.50 bits per heavy atom. The number of hydrogen-bond acceptors (Lipinski definition) is 5. The zero-order chi connectivity index (χ0) is 20.4. The maximum Gasteiger partial charge on any atom is 0.338 e. The highest BCUT2D eigenvalue weighted by Gasteiger charge is 2.69. The molecule has 1 aliphatic carbocycles. The molecule has 0 radical (unpaired) electrons. The number of esters is 1. The zero-order valence-electron chi connectivity index (χ0n) is 17.1. The maximum absolute atomic E-state index is 12.6. The minimum atomic E-state index is -1.34. The molecule has 2 fully saturated rings. The van der Waals surface area contributed by atoms with Crippen LogP contribution in [0, 0.1) is 0 Å². The van der Waals surface area contributed by atoms with Crippen molar-refractivity contribution in [2.45, 2.75) is 63.4 Å². The molecule has 1 heterocycles. The normalized spacial score (nSPS) is 32.1. The smallest absolute Gasteiger partial charge is 0.338 e. The average Bonchev–Trinajstić information content (AvgIpc) is 3.46. The SMILES string of the molecule is CO[C@@H]1[C@@H](OC(=O)c2ccccc2)CC[C@]2(CO2)[C@]1(O)/C(C)=C/CC=C(C)C. The van der Waals surface area contributed by atoms with Gasteiger partial charge in [-0.15, -0.1) is 0 Å². The number of allylic oxidation sites excluding steroid dienone is 3. The van der Waals surface area contributed by atoms with Crippen LogP contribution < -0.4 is 0 Å². The predicted molar refractivity (Wildman–Crippen MR) is 107 cm³/mol. The molecule has 0 unspecified atom stereocenters. The number of carbonyl (C=O) groups excluding carboxylic acids is 1. The van der Waals surface area contributed by atoms with Crippen molar-refractivity contribution in [3.8, 4) is 0 Å². The van der Waals surface area contributed by atoms with E-state index in [-0.39, 0.29) is 0 Å². The van der Waals surface area contributed by atoms with E-state index in [1.54, 1.807) is 31.4 Å². The van der Waals surface area contributed by atoms with Gasteiger partial charge in [-0.1, -0.05) is 35.9 Å². The number of ether oxygens (including phenoxy) is 3. The Morgan fingerprint density at radius 1 is 1.25 bits per heavy atom. The van der Waals surface area contributed by atoms with Crippen molar-refractivity contribution < 1.29 is 24.1 Å². The van der Waals surface area contributed by atoms with Crippen molar-refractivity contribution in [3.05, 3.63) is 59.2 Å². The van der Waals surface area contributed by atoms with Crippen LogP contribution in [-0.2, 0) is 14.2 Å². The summed E-state index contributed by atoms with van der Waals surface area (Å²) < 4.78 is 17.2. The van der Waals surface area contributed by atoms with E-state index in [0.29, 0.717) is 25.0 Å². The molecule has 1 aliphatic heterocycles. The summed E-state index contributed by atoms with van der Waals surface area (Å²) in [5.74, 6) is -0.408. The first kappa shape index (κ1) is 20.8. The highest BCUT2D eigenvalue weighted by Crippen LogP contribution is 2.53. The molecule has 1 saturated heterocycles. The molecule has 152 valence electrons. The van der Waals surface area contributed by atoms with Gasteiger partial charge in [0.15, 0.2) is 0 Å². The molecule has 1 aromatic carbocycles. The molecule has 1 saturated carbocycles. The Balaban J connectivity index is 1.85. The van der Waals surface area contributed by atoms with Crippen molar-refractivity contribution in [2.75, 3.05) is 13.7 Å². The van der Waals surface area contributed by atoms with E-state index in [1.807, 2.05) is 32.9 Å². The number of aliphatic hydroxyl groups is 1. The Morgan fingerprint density at radius 2 is 1.93 bits per heavy atom. The van der Waals surface area contributed by atoms with E-state index in [1.165, 1.54) is 5.57 Å². The van der Waals surface area contributed by atoms with Gasteiger partial charge in [0, 0.05) is 7.11 Å². The van der Waals surface area contributed by atoms with Gasteiger partial charge in [-0.05, 0) is 57.7 Å². The van der Waals surface area contributed by atoms with Crippen LogP contribution in [0.5, 0.6) is 0 Å². The lowest BCUT2D eigenvalue weighted by Crippen LogP contribution is -2.64. The van der Waals surface area contributed by atoms with Crippen LogP contribution in [0.15, 0.2) is 53.6 Å². The summed E-state index contributed by atoms with van der Waals surface area (Å²) in [4.78, 5) is 12.6. The van der Waals surface area contributed by atoms with Crippen LogP contribution in [0.4, 0.5) is 0 Å². The van der Waals surface area contributed by atoms with E-state index in [9.17, 15) is 9.90 Å². The van der Waals surface area contributed by atoms with Crippen molar-refractivity contribution in [1.29, 1.82) is 0 Å². The van der Waals surface area contributed by atoms with Crippen molar-refractivity contribution in [1.82, 2.24) is 0 Å². The van der Waals surface area contributed by atoms with E-state index < -0.39 is 29.4 Å². The molecule has 3 rings (SSSR count). The lowest BCUT2D eigenvalue weighted by Gasteiger charge is -2.47. The van der Waals surface area contributed by atoms with Crippen molar-refractivity contribution in [2.24, 2.45) is 0 Å². The molecule has 5 nitrogen and oxygen atoms in total. The molecular formula is C23H30O5. The molecule has 5 heteroatoms. The second kappa shape index (κ2) is 8.19. The van der Waals surface area contributed by atoms with E-state index in [4.69, 9.17) is 14.2 Å². The topological polar surface area (TPSA) is 68.3 Å². The molecule has 1 aromatic rings. The average molecular weight is 386 g/mol. The van der Waals surface area contributed by atoms with E-state index >= 15 is 0 Å². The maximum atomic E-state index is 12.6. The highest BCUT2D eigenvalue weighted by molar-refractivity contribution is 5.89. The Kier molecular flexibility index (Phi) is 6.08. The van der Waals surface area contributed by atoms with Crippen LogP contribution in [0.3, 0.4) is 0 Å². The molecule has 2 aliphatic rings. The van der Waals surface area contributed by atoms with E-state index in [0.717, 1.165) is 12.0 Å². The first-order valence-electron chi connectivity index (χ1n) is 9.80. The minimum Gasteiger partial charge on any atom is -0.456 e. The molecule has 0 amide bonds. The molecule has 28 heavy (non-hydrogen) atoms. The quantitative estimate of drug-likeness (QED) is 0.457. The number of methoxy groups -OCH3 is 1. The largest absolute Gasteiger partial charge is 0.456 e. The van der Waals surface area contributed by atoms with Gasteiger partial charge in [-0.25, -0.2) is 4.79 Å². The first-order valence-corrected chi connectivity index (χ1v) is 9.80. The van der Waals surface area contributed by atoms with Crippen LogP contribution in [-0.4, -0.2) is 48.2 Å². The predicted octanol–water partition coefficient (Wildman–Crippen LogP) is 3.82. The fourth-order valence-corrected chi connectivity index (χ4v) is 4.13. The number of benzene rings is 1. The summed E-state index contributed by atoms with van der Waals surface area (Å²) in [5.41, 5.74) is 0.496. The molecular weight excluding hydrogens is 356 g/mol. The van der Waals surface area contributed by atoms with Gasteiger partial charge in [0.05, 0.1) is 12.2 Å². The second-order valence-corrected chi connectivity index (χ2v) is 7.96. The third-order valence-electron chi connectivity index (χ3n) is 5.84. The molecule has 0 bridgehead atoms. The highest BCUT2D eigenvalue weighted by atomic mass is 16.6. The first-order chi connectivity index (χ1) is 13.3. The van der Waals surface area contributed by atoms with Crippen LogP contribution in [0.2, 0.25) is 0 Å². The summed E-state index contributed by atoms with van der Waals surface area (Å²) in [5, 5.41) is 11.8. The Hall–Kier alpha value is -1.95. The van der Waals surface area contributed by atoms with Gasteiger partial charge < -0.3 is 19.3 Å². The third-order valence-corrected chi connectivity index (χ3v) is 5.84. The van der Waals surface area contributed by atoms with Crippen LogP contribution >= 0.6 is 0 Å². The third kappa shape index (κ3) is 3.79. The van der Waals surface area contributed by atoms with Gasteiger partial charge in [-0.3, -0.25) is 0 Å². The lowest BCUT2D eigenvalue weighted by molar-refractivity contribution is -0.180. The summed E-state index contributed by atoms with van der Waals surface area (Å²) in [6, 6.07) is 8.88. The van der Waals surface area contributed by atoms with Gasteiger partial charge in [-0.2, -0.15) is 0 Å². The lowest BCUT2D eigenvalue weighted by atomic mass is 9.68. The van der Waals surface area contributed by atoms with Crippen LogP contribution in [0.1, 0.15) is 50.4 Å². The number of carbonyl (C=O) groups is 1. The monoisotopic (exact) mass is 386 g/mol. The number of rotatable bonds is 6. The standard InChI is InChI=1S/C23H30O5/c1-16(2)9-8-10-17(3)23(25)20(26-4)19(13-14-22(23)15-27-22)28-21(24)18-11-6-5-7-12-18/h5-7,9-12,19-20,25H,8,13-15H2,1-4H3/b17-10+/t19-,20+,22-,23-/m0/s1. The van der Waals surface area contributed by atoms with Crippen molar-refractivity contribution in [3.63, 3.8) is 0 Å². The van der Waals surface area contributed by atoms with Crippen molar-refractivity contribution >= 4 is 5.97 Å². The Bertz CT molecular complexity index is 758. The minimum absolute atomic E-state index is 0.408. The summed E-state index contributed by atoms with van der Waals surface area (Å²) in [6.07, 6.45) is 4.78. The molecule has 0 aromatic heterocycles. The molecule has 1 spiro atoms. The van der Waals surface area contributed by atoms with Gasteiger partial charge in [0.1, 0.15) is 23.4 Å². The Labute approximate surface area is 167 Å². The fraction of sp³-hybridized carbons (Fsp3) is 0.522. The van der Waals surface area contributed by atoms with E-state index in [2.05, 4.69) is 6.08 Å². The fourth-order valence-electron chi connectivity index (χ4n) is 4.13. The number of hydrogen-bond donors (Lipinski definition) is 1. The number of epoxide rings is 1.